The topological polar surface area (TPSA) is 0 Å². The molecule has 3 saturated carbocycles. The van der Waals surface area contributed by atoms with Crippen LogP contribution in [-0.2, 0) is 0 Å². The van der Waals surface area contributed by atoms with Crippen LogP contribution in [0.1, 0.15) is 85.5 Å². The van der Waals surface area contributed by atoms with Gasteiger partial charge in [0, 0.05) is 0 Å². The molecule has 0 aromatic carbocycles. The predicted molar refractivity (Wildman–Crippen MR) is 94.6 cm³/mol. The van der Waals surface area contributed by atoms with Crippen LogP contribution in [0.5, 0.6) is 0 Å². The lowest BCUT2D eigenvalue weighted by Gasteiger charge is -2.61. The number of rotatable bonds is 1. The Hall–Kier alpha value is -0.260. The van der Waals surface area contributed by atoms with Crippen molar-refractivity contribution in [3.63, 3.8) is 0 Å². The van der Waals surface area contributed by atoms with Crippen molar-refractivity contribution in [1.82, 2.24) is 0 Å². The quantitative estimate of drug-likeness (QED) is 0.478. The molecule has 0 heterocycles. The molecule has 0 bridgehead atoms. The van der Waals surface area contributed by atoms with Crippen molar-refractivity contribution in [3.05, 3.63) is 11.6 Å². The van der Waals surface area contributed by atoms with E-state index in [1.165, 1.54) is 51.4 Å². The molecule has 0 heteroatoms. The molecule has 7 atom stereocenters. The fourth-order valence-electron chi connectivity index (χ4n) is 7.68. The van der Waals surface area contributed by atoms with Crippen molar-refractivity contribution < 1.29 is 0 Å². The Morgan fingerprint density at radius 2 is 1.86 bits per heavy atom. The van der Waals surface area contributed by atoms with Gasteiger partial charge in [-0.1, -0.05) is 45.8 Å². The second-order valence-corrected chi connectivity index (χ2v) is 9.81. The molecule has 4 aliphatic rings. The van der Waals surface area contributed by atoms with Gasteiger partial charge in [-0.2, -0.15) is 0 Å². The summed E-state index contributed by atoms with van der Waals surface area (Å²) in [4.78, 5) is 0. The third-order valence-corrected chi connectivity index (χ3v) is 9.05. The van der Waals surface area contributed by atoms with Gasteiger partial charge in [0.1, 0.15) is 0 Å². The average molecular weight is 301 g/mol. The lowest BCUT2D eigenvalue weighted by atomic mass is 9.44. The van der Waals surface area contributed by atoms with Gasteiger partial charge in [-0.15, -0.1) is 0 Å². The number of fused-ring (bicyclic) bond motifs is 5. The van der Waals surface area contributed by atoms with Gasteiger partial charge in [-0.3, -0.25) is 0 Å². The van der Waals surface area contributed by atoms with Gasteiger partial charge in [0.15, 0.2) is 0 Å². The molecule has 4 unspecified atom stereocenters. The van der Waals surface area contributed by atoms with E-state index in [1.807, 2.05) is 0 Å². The predicted octanol–water partition coefficient (Wildman–Crippen LogP) is 6.61. The Morgan fingerprint density at radius 1 is 1.05 bits per heavy atom. The van der Waals surface area contributed by atoms with Crippen LogP contribution in [0.25, 0.3) is 0 Å². The lowest BCUT2D eigenvalue weighted by Crippen LogP contribution is -2.53. The minimum absolute atomic E-state index is 0.571. The highest BCUT2D eigenvalue weighted by atomic mass is 14.6. The first-order valence-electron chi connectivity index (χ1n) is 10.2. The Morgan fingerprint density at radius 3 is 2.64 bits per heavy atom. The minimum Gasteiger partial charge on any atom is -0.0845 e. The maximum Gasteiger partial charge on any atom is -0.00824 e. The van der Waals surface area contributed by atoms with Gasteiger partial charge < -0.3 is 0 Å². The molecule has 0 amide bonds. The normalized spacial score (nSPS) is 54.2. The molecule has 0 saturated heterocycles. The third-order valence-electron chi connectivity index (χ3n) is 9.05. The second-order valence-electron chi connectivity index (χ2n) is 9.81. The minimum atomic E-state index is 0.571. The third kappa shape index (κ3) is 1.94. The van der Waals surface area contributed by atoms with Gasteiger partial charge >= 0.3 is 0 Å². The average Bonchev–Trinajstić information content (AvgIpc) is 2.84. The fourth-order valence-corrected chi connectivity index (χ4v) is 7.68. The molecule has 0 aromatic heterocycles. The summed E-state index contributed by atoms with van der Waals surface area (Å²) in [7, 11) is 0. The van der Waals surface area contributed by atoms with Crippen LogP contribution >= 0.6 is 0 Å². The first-order chi connectivity index (χ1) is 10.5. The van der Waals surface area contributed by atoms with Gasteiger partial charge in [0.2, 0.25) is 0 Å². The van der Waals surface area contributed by atoms with Crippen LogP contribution in [0.4, 0.5) is 0 Å². The molecule has 0 radical (unpaired) electrons. The number of hydrogen-bond donors (Lipinski definition) is 0. The summed E-state index contributed by atoms with van der Waals surface area (Å²) in [5, 5.41) is 0. The first-order valence-corrected chi connectivity index (χ1v) is 10.2. The molecule has 4 rings (SSSR count). The van der Waals surface area contributed by atoms with Crippen LogP contribution in [0.2, 0.25) is 0 Å². The zero-order valence-corrected chi connectivity index (χ0v) is 15.3. The zero-order valence-electron chi connectivity index (χ0n) is 15.3. The summed E-state index contributed by atoms with van der Waals surface area (Å²) < 4.78 is 0. The van der Waals surface area contributed by atoms with E-state index >= 15 is 0 Å². The van der Waals surface area contributed by atoms with E-state index in [4.69, 9.17) is 0 Å². The van der Waals surface area contributed by atoms with Crippen molar-refractivity contribution in [2.75, 3.05) is 0 Å². The summed E-state index contributed by atoms with van der Waals surface area (Å²) >= 11 is 0. The van der Waals surface area contributed by atoms with Crippen LogP contribution in [-0.4, -0.2) is 0 Å². The van der Waals surface area contributed by atoms with Crippen molar-refractivity contribution >= 4 is 0 Å². The summed E-state index contributed by atoms with van der Waals surface area (Å²) in [6.07, 6.45) is 16.0. The summed E-state index contributed by atoms with van der Waals surface area (Å²) in [5.74, 6) is 5.10. The number of hydrogen-bond acceptors (Lipinski definition) is 0. The molecule has 124 valence electrons. The van der Waals surface area contributed by atoms with Crippen molar-refractivity contribution in [2.24, 2.45) is 40.4 Å². The second kappa shape index (κ2) is 5.12. The molecule has 0 N–H and O–H groups in total. The van der Waals surface area contributed by atoms with Gasteiger partial charge in [0.05, 0.1) is 0 Å². The standard InChI is InChI=1S/C22H36/c1-5-16-7-9-19-18-8-6-17-14-15(2)10-12-22(17,4)20(18)11-13-21(16,19)3/h7,15,17-20H,5-6,8-14H2,1-4H3/t15?,17-,18?,19?,20?,21-,22+/m1/s1. The summed E-state index contributed by atoms with van der Waals surface area (Å²) in [6.45, 7) is 10.2. The van der Waals surface area contributed by atoms with Crippen LogP contribution < -0.4 is 0 Å². The SMILES string of the molecule is CCC1=CCC2C3CC[C@@H]4CC(C)CC[C@]4(C)C3CC[C@]12C. The van der Waals surface area contributed by atoms with Crippen molar-refractivity contribution in [1.29, 1.82) is 0 Å². The first kappa shape index (κ1) is 15.3. The smallest absolute Gasteiger partial charge is 0.00824 e. The molecule has 0 nitrogen and oxygen atoms in total. The van der Waals surface area contributed by atoms with E-state index in [2.05, 4.69) is 33.8 Å². The van der Waals surface area contributed by atoms with Gasteiger partial charge in [-0.25, -0.2) is 0 Å². The van der Waals surface area contributed by atoms with Crippen LogP contribution in [0.3, 0.4) is 0 Å². The van der Waals surface area contributed by atoms with Crippen LogP contribution in [0.15, 0.2) is 11.6 Å². The van der Waals surface area contributed by atoms with Gasteiger partial charge in [-0.05, 0) is 91.8 Å². The maximum atomic E-state index is 2.70. The van der Waals surface area contributed by atoms with E-state index in [1.54, 1.807) is 12.0 Å². The molecular formula is C22H36. The van der Waals surface area contributed by atoms with E-state index in [-0.39, 0.29) is 0 Å². The van der Waals surface area contributed by atoms with E-state index < -0.39 is 0 Å². The zero-order chi connectivity index (χ0) is 15.5. The Balaban J connectivity index is 1.61. The van der Waals surface area contributed by atoms with Crippen molar-refractivity contribution in [2.45, 2.75) is 85.5 Å². The monoisotopic (exact) mass is 300 g/mol. The van der Waals surface area contributed by atoms with Crippen molar-refractivity contribution in [3.8, 4) is 0 Å². The molecular weight excluding hydrogens is 264 g/mol. The molecule has 3 fully saturated rings. The Kier molecular flexibility index (Phi) is 3.55. The van der Waals surface area contributed by atoms with E-state index in [0.29, 0.717) is 10.8 Å². The number of allylic oxidation sites excluding steroid dienone is 2. The molecule has 0 aliphatic heterocycles. The lowest BCUT2D eigenvalue weighted by molar-refractivity contribution is -0.106. The van der Waals surface area contributed by atoms with E-state index in [0.717, 1.165) is 29.6 Å². The highest BCUT2D eigenvalue weighted by Crippen LogP contribution is 2.66. The molecule has 4 aliphatic carbocycles. The Labute approximate surface area is 138 Å². The Bertz CT molecular complexity index is 474. The van der Waals surface area contributed by atoms with Gasteiger partial charge in [0.25, 0.3) is 0 Å². The van der Waals surface area contributed by atoms with E-state index in [9.17, 15) is 0 Å². The highest BCUT2D eigenvalue weighted by Gasteiger charge is 2.57. The highest BCUT2D eigenvalue weighted by molar-refractivity contribution is 5.25. The molecule has 0 aromatic rings. The molecule has 22 heavy (non-hydrogen) atoms. The molecule has 0 spiro atoms. The summed E-state index contributed by atoms with van der Waals surface area (Å²) in [6, 6.07) is 0. The summed E-state index contributed by atoms with van der Waals surface area (Å²) in [5.41, 5.74) is 3.06. The maximum absolute atomic E-state index is 2.70. The largest absolute Gasteiger partial charge is 0.0845 e. The fraction of sp³-hybridized carbons (Fsp3) is 0.909. The van der Waals surface area contributed by atoms with Crippen LogP contribution in [0, 0.1) is 40.4 Å².